The van der Waals surface area contributed by atoms with Gasteiger partial charge in [0.05, 0.1) is 6.54 Å². The molecule has 1 N–H and O–H groups in total. The highest BCUT2D eigenvalue weighted by molar-refractivity contribution is 5.71. The van der Waals surface area contributed by atoms with E-state index in [2.05, 4.69) is 4.98 Å². The highest BCUT2D eigenvalue weighted by atomic mass is 19.1. The van der Waals surface area contributed by atoms with E-state index in [0.29, 0.717) is 29.1 Å². The third kappa shape index (κ3) is 3.59. The fourth-order valence-corrected chi connectivity index (χ4v) is 4.35. The number of nitrogens with zero attached hydrogens (tertiary/aromatic N) is 4. The van der Waals surface area contributed by atoms with Crippen LogP contribution >= 0.6 is 0 Å². The number of morpholine rings is 1. The van der Waals surface area contributed by atoms with E-state index in [9.17, 15) is 14.0 Å². The van der Waals surface area contributed by atoms with Gasteiger partial charge >= 0.3 is 5.69 Å². The summed E-state index contributed by atoms with van der Waals surface area (Å²) in [6.45, 7) is 6.42. The van der Waals surface area contributed by atoms with E-state index in [1.165, 1.54) is 22.6 Å². The Kier molecular flexibility index (Phi) is 5.33. The Morgan fingerprint density at radius 3 is 2.47 bits per heavy atom. The molecule has 1 aliphatic heterocycles. The van der Waals surface area contributed by atoms with Crippen molar-refractivity contribution in [3.05, 3.63) is 62.3 Å². The van der Waals surface area contributed by atoms with Crippen molar-refractivity contribution >= 4 is 11.2 Å². The summed E-state index contributed by atoms with van der Waals surface area (Å²) in [5, 5.41) is 0. The molecular formula is C21H27FN5O3+. The number of quaternary nitrogens is 1. The first-order valence-corrected chi connectivity index (χ1v) is 10.1. The van der Waals surface area contributed by atoms with E-state index >= 15 is 0 Å². The summed E-state index contributed by atoms with van der Waals surface area (Å²) >= 11 is 0. The Balaban J connectivity index is 1.87. The molecule has 3 aromatic rings. The van der Waals surface area contributed by atoms with Crippen molar-refractivity contribution in [2.45, 2.75) is 39.1 Å². The minimum atomic E-state index is -0.435. The molecule has 0 amide bonds. The quantitative estimate of drug-likeness (QED) is 0.640. The SMILES string of the molecule is C[C@@H]1C[NH+](Cc2nc3c(c(=O)n(C)c(=O)n3C)n2Cc2ccccc2F)C[C@H](C)O1. The molecule has 1 aliphatic rings. The predicted octanol–water partition coefficient (Wildman–Crippen LogP) is -0.187. The van der Waals surface area contributed by atoms with Crippen molar-refractivity contribution in [3.63, 3.8) is 0 Å². The molecule has 3 atom stereocenters. The van der Waals surface area contributed by atoms with Crippen LogP contribution in [0, 0.1) is 5.82 Å². The van der Waals surface area contributed by atoms with Gasteiger partial charge in [-0.2, -0.15) is 0 Å². The van der Waals surface area contributed by atoms with Crippen LogP contribution in [0.5, 0.6) is 0 Å². The molecule has 30 heavy (non-hydrogen) atoms. The van der Waals surface area contributed by atoms with E-state index in [-0.39, 0.29) is 24.6 Å². The normalized spacial score (nSPS) is 22.0. The molecule has 3 heterocycles. The van der Waals surface area contributed by atoms with E-state index in [4.69, 9.17) is 4.74 Å². The highest BCUT2D eigenvalue weighted by Crippen LogP contribution is 2.16. The molecule has 1 aromatic carbocycles. The molecule has 0 radical (unpaired) electrons. The van der Waals surface area contributed by atoms with Crippen LogP contribution in [-0.2, 0) is 31.9 Å². The summed E-state index contributed by atoms with van der Waals surface area (Å²) in [6, 6.07) is 6.50. The summed E-state index contributed by atoms with van der Waals surface area (Å²) in [5.74, 6) is 0.316. The Labute approximate surface area is 173 Å². The standard InChI is InChI=1S/C21H26FN5O3/c1-13-9-26(10-14(2)30-13)12-17-23-19-18(20(28)25(4)21(29)24(19)3)27(17)11-15-7-5-6-8-16(15)22/h5-8,13-14H,9-12H2,1-4H3/p+1/t13-,14+. The largest absolute Gasteiger partial charge is 0.364 e. The fourth-order valence-electron chi connectivity index (χ4n) is 4.35. The number of halogens is 1. The number of aryl methyl sites for hydroxylation is 1. The van der Waals surface area contributed by atoms with Crippen LogP contribution in [0.2, 0.25) is 0 Å². The van der Waals surface area contributed by atoms with Crippen molar-refractivity contribution in [1.82, 2.24) is 18.7 Å². The van der Waals surface area contributed by atoms with Gasteiger partial charge in [0.1, 0.15) is 37.7 Å². The van der Waals surface area contributed by atoms with Gasteiger partial charge in [-0.25, -0.2) is 14.2 Å². The number of ether oxygens (including phenoxy) is 1. The first kappa shape index (κ1) is 20.5. The summed E-state index contributed by atoms with van der Waals surface area (Å²) < 4.78 is 24.4. The van der Waals surface area contributed by atoms with Gasteiger partial charge in [0.25, 0.3) is 5.56 Å². The van der Waals surface area contributed by atoms with E-state index in [1.807, 2.05) is 13.8 Å². The maximum Gasteiger partial charge on any atom is 0.332 e. The molecule has 0 aliphatic carbocycles. The second-order valence-electron chi connectivity index (χ2n) is 8.18. The van der Waals surface area contributed by atoms with Gasteiger partial charge in [-0.05, 0) is 19.9 Å². The number of hydrogen-bond donors (Lipinski definition) is 1. The number of hydrogen-bond acceptors (Lipinski definition) is 4. The van der Waals surface area contributed by atoms with E-state index < -0.39 is 11.2 Å². The third-order valence-electron chi connectivity index (χ3n) is 5.74. The Morgan fingerprint density at radius 1 is 1.13 bits per heavy atom. The van der Waals surface area contributed by atoms with Crippen LogP contribution in [0.1, 0.15) is 25.2 Å². The molecule has 0 spiro atoms. The molecular weight excluding hydrogens is 389 g/mol. The van der Waals surface area contributed by atoms with Crippen molar-refractivity contribution in [2.24, 2.45) is 14.1 Å². The van der Waals surface area contributed by atoms with Crippen LogP contribution in [0.25, 0.3) is 11.2 Å². The number of fused-ring (bicyclic) bond motifs is 1. The van der Waals surface area contributed by atoms with E-state index in [1.54, 1.807) is 29.8 Å². The number of aromatic nitrogens is 4. The monoisotopic (exact) mass is 416 g/mol. The molecule has 8 nitrogen and oxygen atoms in total. The van der Waals surface area contributed by atoms with Crippen LogP contribution in [0.15, 0.2) is 33.9 Å². The van der Waals surface area contributed by atoms with Gasteiger partial charge < -0.3 is 14.2 Å². The minimum absolute atomic E-state index is 0.116. The number of benzene rings is 1. The lowest BCUT2D eigenvalue weighted by Crippen LogP contribution is -3.14. The zero-order chi connectivity index (χ0) is 21.6. The van der Waals surface area contributed by atoms with Crippen LogP contribution in [0.4, 0.5) is 4.39 Å². The van der Waals surface area contributed by atoms with Crippen molar-refractivity contribution in [3.8, 4) is 0 Å². The van der Waals surface area contributed by atoms with Crippen LogP contribution < -0.4 is 16.1 Å². The number of imidazole rings is 1. The first-order chi connectivity index (χ1) is 14.3. The first-order valence-electron chi connectivity index (χ1n) is 10.1. The molecule has 1 fully saturated rings. The topological polar surface area (TPSA) is 75.5 Å². The lowest BCUT2D eigenvalue weighted by atomic mass is 10.2. The summed E-state index contributed by atoms with van der Waals surface area (Å²) in [5.41, 5.74) is 0.236. The Hall–Kier alpha value is -2.78. The van der Waals surface area contributed by atoms with Crippen LogP contribution in [-0.4, -0.2) is 44.0 Å². The third-order valence-corrected chi connectivity index (χ3v) is 5.74. The summed E-state index contributed by atoms with van der Waals surface area (Å²) in [7, 11) is 3.04. The zero-order valence-corrected chi connectivity index (χ0v) is 17.7. The Bertz CT molecular complexity index is 1200. The zero-order valence-electron chi connectivity index (χ0n) is 17.7. The fraction of sp³-hybridized carbons (Fsp3) is 0.476. The maximum atomic E-state index is 14.4. The van der Waals surface area contributed by atoms with Crippen molar-refractivity contribution < 1.29 is 14.0 Å². The Morgan fingerprint density at radius 2 is 1.80 bits per heavy atom. The van der Waals surface area contributed by atoms with E-state index in [0.717, 1.165) is 17.7 Å². The molecule has 160 valence electrons. The van der Waals surface area contributed by atoms with Gasteiger partial charge in [-0.15, -0.1) is 0 Å². The molecule has 4 rings (SSSR count). The minimum Gasteiger partial charge on any atom is -0.364 e. The lowest BCUT2D eigenvalue weighted by molar-refractivity contribution is -0.929. The number of nitrogens with one attached hydrogen (secondary N) is 1. The average Bonchev–Trinajstić information content (AvgIpc) is 3.04. The second kappa shape index (κ2) is 7.81. The molecule has 2 aromatic heterocycles. The molecule has 0 bridgehead atoms. The summed E-state index contributed by atoms with van der Waals surface area (Å²) in [6.07, 6.45) is 0.232. The van der Waals surface area contributed by atoms with Crippen molar-refractivity contribution in [2.75, 3.05) is 13.1 Å². The summed E-state index contributed by atoms with van der Waals surface area (Å²) in [4.78, 5) is 31.3. The van der Waals surface area contributed by atoms with Crippen LogP contribution in [0.3, 0.4) is 0 Å². The van der Waals surface area contributed by atoms with Gasteiger partial charge in [0, 0.05) is 19.7 Å². The van der Waals surface area contributed by atoms with Crippen molar-refractivity contribution in [1.29, 1.82) is 0 Å². The molecule has 9 heteroatoms. The molecule has 1 unspecified atom stereocenters. The number of rotatable bonds is 4. The molecule has 1 saturated heterocycles. The van der Waals surface area contributed by atoms with Gasteiger partial charge in [0.15, 0.2) is 17.0 Å². The maximum absolute atomic E-state index is 14.4. The highest BCUT2D eigenvalue weighted by Gasteiger charge is 2.28. The van der Waals surface area contributed by atoms with Gasteiger partial charge in [-0.3, -0.25) is 13.9 Å². The lowest BCUT2D eigenvalue weighted by Gasteiger charge is -2.32. The molecule has 0 saturated carbocycles. The second-order valence-corrected chi connectivity index (χ2v) is 8.18. The average molecular weight is 416 g/mol. The van der Waals surface area contributed by atoms with Gasteiger partial charge in [-0.1, -0.05) is 18.2 Å². The smallest absolute Gasteiger partial charge is 0.332 e. The van der Waals surface area contributed by atoms with Gasteiger partial charge in [0.2, 0.25) is 0 Å². The predicted molar refractivity (Wildman–Crippen MR) is 110 cm³/mol.